The molecule has 27 heavy (non-hydrogen) atoms. The Bertz CT molecular complexity index is 862. The van der Waals surface area contributed by atoms with Crippen LogP contribution in [0.3, 0.4) is 0 Å². The van der Waals surface area contributed by atoms with E-state index in [4.69, 9.17) is 0 Å². The third kappa shape index (κ3) is 4.00. The van der Waals surface area contributed by atoms with E-state index in [1.165, 1.54) is 10.2 Å². The first kappa shape index (κ1) is 19.0. The van der Waals surface area contributed by atoms with E-state index in [1.807, 2.05) is 24.9 Å². The van der Waals surface area contributed by atoms with Gasteiger partial charge in [0.1, 0.15) is 17.9 Å². The van der Waals surface area contributed by atoms with Gasteiger partial charge in [-0.1, -0.05) is 0 Å². The molecule has 0 unspecified atom stereocenters. The predicted octanol–water partition coefficient (Wildman–Crippen LogP) is 0.794. The third-order valence-electron chi connectivity index (χ3n) is 5.04. The molecule has 146 valence electrons. The molecule has 1 saturated heterocycles. The van der Waals surface area contributed by atoms with Gasteiger partial charge in [0.2, 0.25) is 5.91 Å². The average molecular weight is 375 g/mol. The molecule has 1 aliphatic rings. The van der Waals surface area contributed by atoms with E-state index in [0.29, 0.717) is 24.5 Å². The number of nitrogens with zero attached hydrogens (tertiary/aromatic N) is 7. The summed E-state index contributed by atoms with van der Waals surface area (Å²) in [5, 5.41) is 19.6. The topological polar surface area (TPSA) is 102 Å². The molecule has 0 spiro atoms. The Kier molecular flexibility index (Phi) is 5.26. The van der Waals surface area contributed by atoms with Gasteiger partial charge in [0.25, 0.3) is 0 Å². The van der Waals surface area contributed by atoms with Crippen LogP contribution in [-0.2, 0) is 24.9 Å². The van der Waals surface area contributed by atoms with Crippen LogP contribution in [0.1, 0.15) is 22.6 Å². The van der Waals surface area contributed by atoms with E-state index in [0.717, 1.165) is 25.3 Å². The molecular formula is C17H25N7O3. The summed E-state index contributed by atoms with van der Waals surface area (Å²) in [6, 6.07) is 0. The maximum Gasteiger partial charge on any atom is 0.312 e. The number of nitro groups is 1. The molecule has 10 nitrogen and oxygen atoms in total. The summed E-state index contributed by atoms with van der Waals surface area (Å²) < 4.78 is 3.25. The van der Waals surface area contributed by atoms with Crippen molar-refractivity contribution < 1.29 is 9.72 Å². The highest BCUT2D eigenvalue weighted by Crippen LogP contribution is 2.22. The summed E-state index contributed by atoms with van der Waals surface area (Å²) in [5.41, 5.74) is 2.97. The summed E-state index contributed by atoms with van der Waals surface area (Å²) in [6.45, 7) is 8.93. The van der Waals surface area contributed by atoms with Gasteiger partial charge in [-0.15, -0.1) is 0 Å². The van der Waals surface area contributed by atoms with Gasteiger partial charge in [-0.2, -0.15) is 10.2 Å². The number of piperazine rings is 1. The maximum absolute atomic E-state index is 12.6. The van der Waals surface area contributed by atoms with E-state index < -0.39 is 4.92 Å². The molecule has 0 N–H and O–H groups in total. The first-order valence-corrected chi connectivity index (χ1v) is 8.94. The van der Waals surface area contributed by atoms with Crippen LogP contribution >= 0.6 is 0 Å². The Labute approximate surface area is 157 Å². The van der Waals surface area contributed by atoms with Crippen molar-refractivity contribution in [3.63, 3.8) is 0 Å². The van der Waals surface area contributed by atoms with Crippen LogP contribution < -0.4 is 0 Å². The molecule has 10 heteroatoms. The number of rotatable bonds is 5. The minimum Gasteiger partial charge on any atom is -0.339 e. The van der Waals surface area contributed by atoms with Crippen molar-refractivity contribution in [2.24, 2.45) is 7.05 Å². The van der Waals surface area contributed by atoms with E-state index in [-0.39, 0.29) is 18.1 Å². The highest BCUT2D eigenvalue weighted by molar-refractivity contribution is 5.76. The number of aryl methyl sites for hydroxylation is 3. The number of amides is 1. The number of hydrogen-bond donors (Lipinski definition) is 0. The van der Waals surface area contributed by atoms with Gasteiger partial charge in [-0.25, -0.2) is 0 Å². The minimum absolute atomic E-state index is 0.0144. The minimum atomic E-state index is -0.447. The molecule has 3 heterocycles. The number of carbonyl (C=O) groups is 1. The molecule has 1 aliphatic heterocycles. The molecule has 0 radical (unpaired) electrons. The summed E-state index contributed by atoms with van der Waals surface area (Å²) in [4.78, 5) is 27.4. The second kappa shape index (κ2) is 7.47. The largest absolute Gasteiger partial charge is 0.339 e. The van der Waals surface area contributed by atoms with E-state index in [2.05, 4.69) is 15.1 Å². The predicted molar refractivity (Wildman–Crippen MR) is 98.2 cm³/mol. The van der Waals surface area contributed by atoms with Crippen LogP contribution in [0.5, 0.6) is 0 Å². The standard InChI is InChI=1S/C17H25N7O3/c1-12-15(9-20(4)18-12)10-21-5-7-22(8-6-21)16(25)11-23-14(3)17(24(26)27)13(2)19-23/h9H,5-8,10-11H2,1-4H3. The van der Waals surface area contributed by atoms with Crippen LogP contribution in [0.15, 0.2) is 6.20 Å². The van der Waals surface area contributed by atoms with Gasteiger partial charge in [-0.3, -0.25) is 29.2 Å². The monoisotopic (exact) mass is 375 g/mol. The molecule has 1 amide bonds. The van der Waals surface area contributed by atoms with Crippen molar-refractivity contribution in [2.75, 3.05) is 26.2 Å². The van der Waals surface area contributed by atoms with Gasteiger partial charge in [0, 0.05) is 51.5 Å². The normalized spacial score (nSPS) is 15.3. The number of hydrogen-bond acceptors (Lipinski definition) is 6. The molecule has 0 aliphatic carbocycles. The lowest BCUT2D eigenvalue weighted by molar-refractivity contribution is -0.386. The molecule has 2 aromatic heterocycles. The van der Waals surface area contributed by atoms with Crippen molar-refractivity contribution in [1.82, 2.24) is 29.4 Å². The molecule has 3 rings (SSSR count). The van der Waals surface area contributed by atoms with E-state index >= 15 is 0 Å². The first-order chi connectivity index (χ1) is 12.8. The quantitative estimate of drug-likeness (QED) is 0.566. The van der Waals surface area contributed by atoms with E-state index in [1.54, 1.807) is 18.7 Å². The maximum atomic E-state index is 12.6. The third-order valence-corrected chi connectivity index (χ3v) is 5.04. The molecule has 0 atom stereocenters. The number of aromatic nitrogens is 4. The Hall–Kier alpha value is -2.75. The van der Waals surface area contributed by atoms with Crippen LogP contribution in [0, 0.1) is 30.9 Å². The van der Waals surface area contributed by atoms with Crippen LogP contribution in [0.25, 0.3) is 0 Å². The fourth-order valence-corrected chi connectivity index (χ4v) is 3.53. The Morgan fingerprint density at radius 2 is 1.81 bits per heavy atom. The Morgan fingerprint density at radius 1 is 1.15 bits per heavy atom. The van der Waals surface area contributed by atoms with Crippen molar-refractivity contribution in [1.29, 1.82) is 0 Å². The molecule has 2 aromatic rings. The summed E-state index contributed by atoms with van der Waals surface area (Å²) >= 11 is 0. The van der Waals surface area contributed by atoms with Crippen molar-refractivity contribution in [3.05, 3.63) is 39.0 Å². The second-order valence-corrected chi connectivity index (χ2v) is 7.00. The Morgan fingerprint density at radius 3 is 2.33 bits per heavy atom. The Balaban J connectivity index is 1.57. The van der Waals surface area contributed by atoms with Crippen LogP contribution in [-0.4, -0.2) is 66.4 Å². The second-order valence-electron chi connectivity index (χ2n) is 7.00. The lowest BCUT2D eigenvalue weighted by atomic mass is 10.2. The highest BCUT2D eigenvalue weighted by Gasteiger charge is 2.26. The first-order valence-electron chi connectivity index (χ1n) is 8.94. The van der Waals surface area contributed by atoms with Crippen molar-refractivity contribution >= 4 is 11.6 Å². The number of carbonyl (C=O) groups excluding carboxylic acids is 1. The molecule has 0 aromatic carbocycles. The van der Waals surface area contributed by atoms with Gasteiger partial charge >= 0.3 is 5.69 Å². The van der Waals surface area contributed by atoms with Gasteiger partial charge in [0.05, 0.1) is 10.6 Å². The molecular weight excluding hydrogens is 350 g/mol. The van der Waals surface area contributed by atoms with E-state index in [9.17, 15) is 14.9 Å². The van der Waals surface area contributed by atoms with Crippen molar-refractivity contribution in [3.8, 4) is 0 Å². The zero-order chi connectivity index (χ0) is 19.7. The molecule has 1 fully saturated rings. The smallest absolute Gasteiger partial charge is 0.312 e. The lowest BCUT2D eigenvalue weighted by Gasteiger charge is -2.34. The summed E-state index contributed by atoms with van der Waals surface area (Å²) in [6.07, 6.45) is 2.03. The van der Waals surface area contributed by atoms with Gasteiger partial charge < -0.3 is 4.90 Å². The summed E-state index contributed by atoms with van der Waals surface area (Å²) in [5.74, 6) is -0.0623. The SMILES string of the molecule is Cc1nn(C)cc1CN1CCN(C(=O)Cn2nc(C)c([N+](=O)[O-])c2C)CC1. The van der Waals surface area contributed by atoms with Crippen LogP contribution in [0.2, 0.25) is 0 Å². The zero-order valence-electron chi connectivity index (χ0n) is 16.2. The molecule has 0 bridgehead atoms. The zero-order valence-corrected chi connectivity index (χ0v) is 16.2. The molecule has 0 saturated carbocycles. The van der Waals surface area contributed by atoms with Gasteiger partial charge in [0.15, 0.2) is 0 Å². The summed E-state index contributed by atoms with van der Waals surface area (Å²) in [7, 11) is 1.91. The van der Waals surface area contributed by atoms with Gasteiger partial charge in [-0.05, 0) is 20.8 Å². The fraction of sp³-hybridized carbons (Fsp3) is 0.588. The average Bonchev–Trinajstić information content (AvgIpc) is 3.06. The van der Waals surface area contributed by atoms with Crippen molar-refractivity contribution in [2.45, 2.75) is 33.9 Å². The fourth-order valence-electron chi connectivity index (χ4n) is 3.53. The van der Waals surface area contributed by atoms with Crippen LogP contribution in [0.4, 0.5) is 5.69 Å². The highest BCUT2D eigenvalue weighted by atomic mass is 16.6. The lowest BCUT2D eigenvalue weighted by Crippen LogP contribution is -2.49.